The summed E-state index contributed by atoms with van der Waals surface area (Å²) in [6.45, 7) is 17.5. The van der Waals surface area contributed by atoms with Crippen molar-refractivity contribution < 1.29 is 14.3 Å². The standard InChI is InChI=1S/C35H46Cl2N4O4/c1-24(2)41(35(6)23-34(35,4)5)33(43)45-25(3)40-30-22-27(14-12-26(30)13-15-31(40)42)44-21-8-7-16-38-17-19-39(20-18-38)29-11-9-10-28(36)32(29)37/h9-15,22,24-25H,7-8,16-21,23H2,1-6H3. The molecule has 2 unspecified atom stereocenters. The zero-order valence-electron chi connectivity index (χ0n) is 27.3. The first-order valence-corrected chi connectivity index (χ1v) is 16.8. The fraction of sp³-hybridized carbons (Fsp3) is 0.543. The molecule has 3 aromatic rings. The van der Waals surface area contributed by atoms with Crippen LogP contribution in [0.5, 0.6) is 5.75 Å². The first kappa shape index (κ1) is 33.4. The van der Waals surface area contributed by atoms with E-state index in [0.29, 0.717) is 27.9 Å². The Morgan fingerprint density at radius 2 is 1.67 bits per heavy atom. The monoisotopic (exact) mass is 656 g/mol. The molecule has 5 rings (SSSR count). The number of pyridine rings is 1. The van der Waals surface area contributed by atoms with Crippen molar-refractivity contribution in [2.24, 2.45) is 5.41 Å². The van der Waals surface area contributed by atoms with Crippen LogP contribution in [-0.2, 0) is 4.74 Å². The van der Waals surface area contributed by atoms with Crippen molar-refractivity contribution in [3.63, 3.8) is 0 Å². The predicted octanol–water partition coefficient (Wildman–Crippen LogP) is 7.84. The van der Waals surface area contributed by atoms with Crippen LogP contribution in [0.3, 0.4) is 0 Å². The molecule has 2 atom stereocenters. The third kappa shape index (κ3) is 7.08. The van der Waals surface area contributed by atoms with Crippen molar-refractivity contribution in [2.75, 3.05) is 44.2 Å². The number of aromatic nitrogens is 1. The van der Waals surface area contributed by atoms with Gasteiger partial charge in [0.25, 0.3) is 5.56 Å². The molecule has 0 N–H and O–H groups in total. The van der Waals surface area contributed by atoms with E-state index in [1.807, 2.05) is 55.1 Å². The SMILES string of the molecule is CC(C)N(C(=O)OC(C)n1c(=O)ccc2ccc(OCCCCN3CCN(c4cccc(Cl)c4Cl)CC3)cc21)C1(C)CC1(C)C. The maximum atomic E-state index is 13.4. The first-order chi connectivity index (χ1) is 21.3. The van der Waals surface area contributed by atoms with Gasteiger partial charge in [0.1, 0.15) is 5.75 Å². The Labute approximate surface area is 276 Å². The van der Waals surface area contributed by atoms with Crippen LogP contribution in [0.1, 0.15) is 67.0 Å². The van der Waals surface area contributed by atoms with Gasteiger partial charge >= 0.3 is 6.09 Å². The zero-order chi connectivity index (χ0) is 32.5. The van der Waals surface area contributed by atoms with Gasteiger partial charge in [-0.1, -0.05) is 43.1 Å². The van der Waals surface area contributed by atoms with Gasteiger partial charge in [-0.3, -0.25) is 19.2 Å². The smallest absolute Gasteiger partial charge is 0.412 e. The number of anilines is 1. The average molecular weight is 658 g/mol. The van der Waals surface area contributed by atoms with Crippen molar-refractivity contribution in [3.8, 4) is 5.75 Å². The zero-order valence-corrected chi connectivity index (χ0v) is 28.8. The minimum atomic E-state index is -0.786. The summed E-state index contributed by atoms with van der Waals surface area (Å²) in [6, 6.07) is 14.8. The maximum Gasteiger partial charge on any atom is 0.412 e. The molecule has 8 nitrogen and oxygen atoms in total. The molecule has 0 spiro atoms. The van der Waals surface area contributed by atoms with Gasteiger partial charge in [0.2, 0.25) is 0 Å². The van der Waals surface area contributed by atoms with E-state index in [1.165, 1.54) is 10.6 Å². The Kier molecular flexibility index (Phi) is 9.97. The summed E-state index contributed by atoms with van der Waals surface area (Å²) in [7, 11) is 0. The number of amides is 1. The van der Waals surface area contributed by atoms with Crippen LogP contribution in [0.15, 0.2) is 53.3 Å². The Morgan fingerprint density at radius 3 is 2.33 bits per heavy atom. The molecule has 0 radical (unpaired) electrons. The van der Waals surface area contributed by atoms with E-state index >= 15 is 0 Å². The number of hydrogen-bond acceptors (Lipinski definition) is 6. The van der Waals surface area contributed by atoms with Gasteiger partial charge in [0.05, 0.1) is 27.9 Å². The number of benzene rings is 2. The second-order valence-electron chi connectivity index (χ2n) is 13.5. The number of fused-ring (bicyclic) bond motifs is 1. The molecule has 2 aromatic carbocycles. The number of rotatable bonds is 11. The number of nitrogens with zero attached hydrogens (tertiary/aromatic N) is 4. The minimum absolute atomic E-state index is 0.0173. The molecule has 1 aliphatic carbocycles. The number of piperazine rings is 1. The topological polar surface area (TPSA) is 67.2 Å². The van der Waals surface area contributed by atoms with Crippen LogP contribution in [0.4, 0.5) is 10.5 Å². The number of unbranched alkanes of at least 4 members (excludes halogenated alkanes) is 1. The highest BCUT2D eigenvalue weighted by Crippen LogP contribution is 2.59. The summed E-state index contributed by atoms with van der Waals surface area (Å²) in [6.07, 6.45) is 1.65. The largest absolute Gasteiger partial charge is 0.494 e. The van der Waals surface area contributed by atoms with Crippen molar-refractivity contribution in [1.29, 1.82) is 0 Å². The van der Waals surface area contributed by atoms with Crippen LogP contribution < -0.4 is 15.2 Å². The molecular weight excluding hydrogens is 611 g/mol. The van der Waals surface area contributed by atoms with Gasteiger partial charge in [-0.2, -0.15) is 0 Å². The second-order valence-corrected chi connectivity index (χ2v) is 14.3. The van der Waals surface area contributed by atoms with Gasteiger partial charge in [0.15, 0.2) is 6.23 Å². The van der Waals surface area contributed by atoms with E-state index in [4.69, 9.17) is 32.7 Å². The summed E-state index contributed by atoms with van der Waals surface area (Å²) >= 11 is 12.6. The third-order valence-corrected chi connectivity index (χ3v) is 10.5. The highest BCUT2D eigenvalue weighted by atomic mass is 35.5. The van der Waals surface area contributed by atoms with Gasteiger partial charge in [-0.05, 0) is 94.6 Å². The van der Waals surface area contributed by atoms with Gasteiger partial charge in [0, 0.05) is 49.9 Å². The third-order valence-electron chi connectivity index (χ3n) is 9.68. The lowest BCUT2D eigenvalue weighted by atomic mass is 10.0. The molecule has 2 aliphatic rings. The average Bonchev–Trinajstić information content (AvgIpc) is 3.50. The second kappa shape index (κ2) is 13.4. The van der Waals surface area contributed by atoms with E-state index < -0.39 is 12.3 Å². The van der Waals surface area contributed by atoms with Gasteiger partial charge < -0.3 is 14.4 Å². The molecule has 2 heterocycles. The fourth-order valence-electron chi connectivity index (χ4n) is 6.74. The van der Waals surface area contributed by atoms with E-state index in [0.717, 1.165) is 63.1 Å². The van der Waals surface area contributed by atoms with Crippen LogP contribution in [-0.4, -0.2) is 71.4 Å². The van der Waals surface area contributed by atoms with E-state index in [1.54, 1.807) is 13.0 Å². The molecule has 2 fully saturated rings. The molecule has 1 amide bonds. The summed E-state index contributed by atoms with van der Waals surface area (Å²) in [4.78, 5) is 33.1. The Balaban J connectivity index is 1.15. The quantitative estimate of drug-likeness (QED) is 0.196. The molecule has 0 bridgehead atoms. The molecule has 45 heavy (non-hydrogen) atoms. The van der Waals surface area contributed by atoms with E-state index in [2.05, 4.69) is 30.6 Å². The van der Waals surface area contributed by atoms with Crippen molar-refractivity contribution in [1.82, 2.24) is 14.4 Å². The first-order valence-electron chi connectivity index (χ1n) is 16.0. The summed E-state index contributed by atoms with van der Waals surface area (Å²) in [5, 5.41) is 2.08. The molecule has 1 aromatic heterocycles. The Morgan fingerprint density at radius 1 is 0.978 bits per heavy atom. The molecule has 10 heteroatoms. The maximum absolute atomic E-state index is 13.4. The van der Waals surface area contributed by atoms with Gasteiger partial charge in [-0.25, -0.2) is 4.79 Å². The Hall–Kier alpha value is -2.94. The summed E-state index contributed by atoms with van der Waals surface area (Å²) in [5.74, 6) is 0.684. The molecule has 1 aliphatic heterocycles. The lowest BCUT2D eigenvalue weighted by Crippen LogP contribution is -2.48. The highest BCUT2D eigenvalue weighted by Gasteiger charge is 2.63. The number of carbonyl (C=O) groups excluding carboxylic acids is 1. The number of carbonyl (C=O) groups is 1. The predicted molar refractivity (Wildman–Crippen MR) is 183 cm³/mol. The normalized spacial score (nSPS) is 20.3. The van der Waals surface area contributed by atoms with Crippen LogP contribution >= 0.6 is 23.2 Å². The van der Waals surface area contributed by atoms with Crippen molar-refractivity contribution in [2.45, 2.75) is 78.6 Å². The minimum Gasteiger partial charge on any atom is -0.494 e. The lowest BCUT2D eigenvalue weighted by molar-refractivity contribution is 0.0134. The number of halogens is 2. The fourth-order valence-corrected chi connectivity index (χ4v) is 7.15. The molecule has 1 saturated carbocycles. The van der Waals surface area contributed by atoms with E-state index in [9.17, 15) is 9.59 Å². The molecule has 244 valence electrons. The van der Waals surface area contributed by atoms with Crippen LogP contribution in [0.2, 0.25) is 10.0 Å². The van der Waals surface area contributed by atoms with Crippen LogP contribution in [0, 0.1) is 5.41 Å². The van der Waals surface area contributed by atoms with Crippen molar-refractivity contribution >= 4 is 45.9 Å². The van der Waals surface area contributed by atoms with Gasteiger partial charge in [-0.15, -0.1) is 0 Å². The van der Waals surface area contributed by atoms with Crippen LogP contribution in [0.25, 0.3) is 10.9 Å². The number of ether oxygens (including phenoxy) is 2. The lowest BCUT2D eigenvalue weighted by Gasteiger charge is -2.36. The Bertz CT molecular complexity index is 1580. The van der Waals surface area contributed by atoms with Crippen molar-refractivity contribution in [3.05, 3.63) is 68.9 Å². The number of hydrogen-bond donors (Lipinski definition) is 0. The summed E-state index contributed by atoms with van der Waals surface area (Å²) < 4.78 is 13.6. The molecular formula is C35H46Cl2N4O4. The summed E-state index contributed by atoms with van der Waals surface area (Å²) in [5.41, 5.74) is 1.18. The van der Waals surface area contributed by atoms with E-state index in [-0.39, 0.29) is 22.6 Å². The molecule has 1 saturated heterocycles. The highest BCUT2D eigenvalue weighted by molar-refractivity contribution is 6.43.